The molecule has 1 N–H and O–H groups in total. The first-order chi connectivity index (χ1) is 15.3. The van der Waals surface area contributed by atoms with E-state index in [9.17, 15) is 9.59 Å². The second kappa shape index (κ2) is 8.75. The minimum atomic E-state index is -0.297. The van der Waals surface area contributed by atoms with Crippen LogP contribution < -0.4 is 10.1 Å². The summed E-state index contributed by atoms with van der Waals surface area (Å²) in [6.45, 7) is 4.15. The van der Waals surface area contributed by atoms with Gasteiger partial charge in [-0.05, 0) is 74.4 Å². The minimum Gasteiger partial charge on any atom is -0.497 e. The van der Waals surface area contributed by atoms with Crippen LogP contribution in [-0.4, -0.2) is 35.0 Å². The van der Waals surface area contributed by atoms with Gasteiger partial charge in [0.1, 0.15) is 11.4 Å². The summed E-state index contributed by atoms with van der Waals surface area (Å²) in [6.07, 6.45) is 2.58. The number of amides is 1. The van der Waals surface area contributed by atoms with E-state index in [0.29, 0.717) is 16.9 Å². The predicted molar refractivity (Wildman–Crippen MR) is 125 cm³/mol. The number of hydrogen-bond donors (Lipinski definition) is 1. The molecule has 1 aromatic heterocycles. The molecule has 3 aromatic rings. The maximum atomic E-state index is 13.0. The van der Waals surface area contributed by atoms with E-state index < -0.39 is 0 Å². The van der Waals surface area contributed by atoms with Crippen molar-refractivity contribution in [2.75, 3.05) is 12.4 Å². The number of ether oxygens (including phenoxy) is 1. The second-order valence-electron chi connectivity index (χ2n) is 8.42. The normalized spacial score (nSPS) is 14.2. The van der Waals surface area contributed by atoms with Gasteiger partial charge < -0.3 is 10.1 Å². The first-order valence-corrected chi connectivity index (χ1v) is 10.5. The van der Waals surface area contributed by atoms with Crippen LogP contribution in [0.2, 0.25) is 0 Å². The fraction of sp³-hybridized carbons (Fsp3) is 0.231. The summed E-state index contributed by atoms with van der Waals surface area (Å²) in [7, 11) is 1.63. The van der Waals surface area contributed by atoms with Crippen LogP contribution in [0.1, 0.15) is 52.2 Å². The average molecular weight is 428 g/mol. The van der Waals surface area contributed by atoms with Crippen LogP contribution in [0.25, 0.3) is 0 Å². The van der Waals surface area contributed by atoms with E-state index in [4.69, 9.17) is 9.73 Å². The lowest BCUT2D eigenvalue weighted by molar-refractivity contribution is 0.0998. The van der Waals surface area contributed by atoms with Crippen molar-refractivity contribution in [1.82, 2.24) is 4.98 Å². The number of methoxy groups -OCH3 is 1. The molecule has 0 aliphatic carbocycles. The Morgan fingerprint density at radius 1 is 1.06 bits per heavy atom. The molecular formula is C26H25N3O3. The van der Waals surface area contributed by atoms with Gasteiger partial charge in [-0.15, -0.1) is 0 Å². The van der Waals surface area contributed by atoms with E-state index >= 15 is 0 Å². The molecule has 0 radical (unpaired) electrons. The zero-order valence-corrected chi connectivity index (χ0v) is 18.4. The zero-order valence-electron chi connectivity index (χ0n) is 18.4. The third-order valence-electron chi connectivity index (χ3n) is 5.38. The number of carbonyl (C=O) groups excluding carboxylic acids is 2. The predicted octanol–water partition coefficient (Wildman–Crippen LogP) is 4.74. The molecule has 6 nitrogen and oxygen atoms in total. The number of Topliss-reactive ketones (excluding diaryl/α,β-unsaturated/α-hetero) is 1. The van der Waals surface area contributed by atoms with Crippen molar-refractivity contribution in [3.63, 3.8) is 0 Å². The molecule has 0 bridgehead atoms. The fourth-order valence-electron chi connectivity index (χ4n) is 3.86. The van der Waals surface area contributed by atoms with Gasteiger partial charge in [-0.1, -0.05) is 12.1 Å². The molecule has 2 aromatic carbocycles. The number of nitrogens with zero attached hydrogens (tertiary/aromatic N) is 2. The van der Waals surface area contributed by atoms with Crippen molar-refractivity contribution in [2.24, 2.45) is 4.99 Å². The molecule has 4 rings (SSSR count). The fourth-order valence-corrected chi connectivity index (χ4v) is 3.86. The number of fused-ring (bicyclic) bond motifs is 1. The summed E-state index contributed by atoms with van der Waals surface area (Å²) in [4.78, 5) is 34.2. The third kappa shape index (κ3) is 4.75. The Morgan fingerprint density at radius 2 is 1.84 bits per heavy atom. The monoisotopic (exact) mass is 427 g/mol. The molecule has 0 spiro atoms. The number of aromatic nitrogens is 1. The third-order valence-corrected chi connectivity index (χ3v) is 5.38. The molecule has 6 heteroatoms. The summed E-state index contributed by atoms with van der Waals surface area (Å²) in [5, 5.41) is 2.79. The molecule has 1 amide bonds. The molecule has 0 fully saturated rings. The molecule has 1 aliphatic heterocycles. The van der Waals surface area contributed by atoms with Gasteiger partial charge in [-0.2, -0.15) is 0 Å². The maximum absolute atomic E-state index is 13.0. The Hall–Kier alpha value is -3.80. The molecule has 0 unspecified atom stereocenters. The summed E-state index contributed by atoms with van der Waals surface area (Å²) in [5.41, 5.74) is 4.14. The Kier molecular flexibility index (Phi) is 5.86. The Bertz CT molecular complexity index is 1180. The van der Waals surface area contributed by atoms with Crippen LogP contribution in [0.15, 0.2) is 71.9 Å². The van der Waals surface area contributed by atoms with E-state index in [2.05, 4.69) is 24.1 Å². The van der Waals surface area contributed by atoms with Gasteiger partial charge in [0.15, 0.2) is 5.78 Å². The van der Waals surface area contributed by atoms with Gasteiger partial charge in [0.05, 0.1) is 24.8 Å². The molecule has 1 aliphatic rings. The lowest BCUT2D eigenvalue weighted by Crippen LogP contribution is -2.30. The summed E-state index contributed by atoms with van der Waals surface area (Å²) < 4.78 is 5.37. The van der Waals surface area contributed by atoms with Crippen LogP contribution in [0.3, 0.4) is 0 Å². The van der Waals surface area contributed by atoms with Gasteiger partial charge in [-0.3, -0.25) is 19.6 Å². The van der Waals surface area contributed by atoms with Crippen LogP contribution >= 0.6 is 0 Å². The highest BCUT2D eigenvalue weighted by molar-refractivity contribution is 6.17. The zero-order chi connectivity index (χ0) is 22.7. The molecule has 162 valence electrons. The van der Waals surface area contributed by atoms with Crippen LogP contribution in [-0.2, 0) is 6.42 Å². The molecule has 0 saturated carbocycles. The first kappa shape index (κ1) is 21.4. The van der Waals surface area contributed by atoms with Gasteiger partial charge >= 0.3 is 0 Å². The smallest absolute Gasteiger partial charge is 0.274 e. The number of anilines is 1. The van der Waals surface area contributed by atoms with E-state index in [1.54, 1.807) is 55.8 Å². The largest absolute Gasteiger partial charge is 0.497 e. The van der Waals surface area contributed by atoms with Crippen molar-refractivity contribution >= 4 is 23.1 Å². The minimum absolute atomic E-state index is 0.0298. The second-order valence-corrected chi connectivity index (χ2v) is 8.42. The topological polar surface area (TPSA) is 80.6 Å². The number of benzene rings is 2. The van der Waals surface area contributed by atoms with Crippen LogP contribution in [0.4, 0.5) is 5.69 Å². The SMILES string of the molecule is COc1ccc2c(c1)C(CC(=O)c1ccc(NC(=O)c3ccccn3)cc1)=NC(C)(C)C2. The van der Waals surface area contributed by atoms with E-state index in [1.807, 2.05) is 18.2 Å². The number of rotatable bonds is 6. The lowest BCUT2D eigenvalue weighted by atomic mass is 9.85. The highest BCUT2D eigenvalue weighted by atomic mass is 16.5. The van der Waals surface area contributed by atoms with E-state index in [0.717, 1.165) is 23.4 Å². The Morgan fingerprint density at radius 3 is 2.53 bits per heavy atom. The number of ketones is 1. The summed E-state index contributed by atoms with van der Waals surface area (Å²) >= 11 is 0. The first-order valence-electron chi connectivity index (χ1n) is 10.5. The molecular weight excluding hydrogens is 402 g/mol. The van der Waals surface area contributed by atoms with Crippen molar-refractivity contribution in [2.45, 2.75) is 32.2 Å². The highest BCUT2D eigenvalue weighted by Crippen LogP contribution is 2.31. The summed E-state index contributed by atoms with van der Waals surface area (Å²) in [6, 6.07) is 18.0. The van der Waals surface area contributed by atoms with E-state index in [-0.39, 0.29) is 23.7 Å². The Balaban J connectivity index is 1.50. The standard InChI is InChI=1S/C26H25N3O3/c1-26(2)16-18-9-12-20(32-3)14-21(18)23(29-26)15-24(30)17-7-10-19(11-8-17)28-25(31)22-6-4-5-13-27-22/h4-14H,15-16H2,1-3H3,(H,28,31). The van der Waals surface area contributed by atoms with Crippen molar-refractivity contribution < 1.29 is 14.3 Å². The van der Waals surface area contributed by atoms with Crippen LogP contribution in [0, 0.1) is 0 Å². The highest BCUT2D eigenvalue weighted by Gasteiger charge is 2.28. The molecule has 0 saturated heterocycles. The quantitative estimate of drug-likeness (QED) is 0.576. The van der Waals surface area contributed by atoms with E-state index in [1.165, 1.54) is 5.56 Å². The molecule has 32 heavy (non-hydrogen) atoms. The number of pyridine rings is 1. The summed E-state index contributed by atoms with van der Waals surface area (Å²) in [5.74, 6) is 0.420. The van der Waals surface area contributed by atoms with Crippen LogP contribution in [0.5, 0.6) is 5.75 Å². The number of aliphatic imine (C=N–C) groups is 1. The Labute approximate surface area is 187 Å². The van der Waals surface area contributed by atoms with Crippen molar-refractivity contribution in [3.05, 3.63) is 89.2 Å². The van der Waals surface area contributed by atoms with Gasteiger partial charge in [0.25, 0.3) is 5.91 Å². The van der Waals surface area contributed by atoms with Gasteiger partial charge in [-0.25, -0.2) is 0 Å². The van der Waals surface area contributed by atoms with Gasteiger partial charge in [0, 0.05) is 23.0 Å². The number of hydrogen-bond acceptors (Lipinski definition) is 5. The van der Waals surface area contributed by atoms with Gasteiger partial charge in [0.2, 0.25) is 0 Å². The lowest BCUT2D eigenvalue weighted by Gasteiger charge is -2.29. The molecule has 2 heterocycles. The van der Waals surface area contributed by atoms with Crippen molar-refractivity contribution in [1.29, 1.82) is 0 Å². The number of carbonyl (C=O) groups is 2. The van der Waals surface area contributed by atoms with Crippen molar-refractivity contribution in [3.8, 4) is 5.75 Å². The number of nitrogens with one attached hydrogen (secondary N) is 1. The maximum Gasteiger partial charge on any atom is 0.274 e. The molecule has 0 atom stereocenters. The average Bonchev–Trinajstić information content (AvgIpc) is 2.79.